The number of hydrogen-bond donors (Lipinski definition) is 3. The maximum atomic E-state index is 13.3. The van der Waals surface area contributed by atoms with E-state index in [-0.39, 0.29) is 24.5 Å². The highest BCUT2D eigenvalue weighted by Gasteiger charge is 2.50. The van der Waals surface area contributed by atoms with Gasteiger partial charge in [-0.2, -0.15) is 4.31 Å². The molecule has 1 heterocycles. The summed E-state index contributed by atoms with van der Waals surface area (Å²) in [5.41, 5.74) is 2.59. The maximum Gasteiger partial charge on any atom is 0.262 e. The van der Waals surface area contributed by atoms with Gasteiger partial charge in [-0.1, -0.05) is 31.5 Å². The summed E-state index contributed by atoms with van der Waals surface area (Å²) in [4.78, 5) is 12.3. The minimum absolute atomic E-state index is 0.0515. The first-order valence-corrected chi connectivity index (χ1v) is 11.9. The van der Waals surface area contributed by atoms with E-state index in [1.807, 2.05) is 19.1 Å². The Morgan fingerprint density at radius 1 is 1.25 bits per heavy atom. The lowest BCUT2D eigenvalue weighted by molar-refractivity contribution is -0.140. The fraction of sp³-hybridized carbons (Fsp3) is 0.409. The molecule has 0 aromatic heterocycles. The summed E-state index contributed by atoms with van der Waals surface area (Å²) in [6, 6.07) is 10.1. The van der Waals surface area contributed by atoms with Gasteiger partial charge in [0.25, 0.3) is 5.91 Å². The second-order valence-corrected chi connectivity index (χ2v) is 11.0. The van der Waals surface area contributed by atoms with E-state index in [0.29, 0.717) is 10.8 Å². The van der Waals surface area contributed by atoms with Gasteiger partial charge in [0.15, 0.2) is 0 Å². The summed E-state index contributed by atoms with van der Waals surface area (Å²) in [5.74, 6) is -0.380. The Morgan fingerprint density at radius 3 is 2.53 bits per heavy atom. The molecular weight excluding hydrogens is 456 g/mol. The highest BCUT2D eigenvalue weighted by molar-refractivity contribution is 7.89. The molecular formula is C22H27ClN2O6S. The number of hydrogen-bond acceptors (Lipinski definition) is 6. The molecule has 2 aromatic rings. The van der Waals surface area contributed by atoms with Gasteiger partial charge in [-0.25, -0.2) is 13.9 Å². The van der Waals surface area contributed by atoms with Gasteiger partial charge in [0, 0.05) is 11.6 Å². The van der Waals surface area contributed by atoms with Crippen LogP contribution in [0.4, 0.5) is 0 Å². The zero-order valence-corrected chi connectivity index (χ0v) is 19.7. The minimum atomic E-state index is -4.14. The van der Waals surface area contributed by atoms with E-state index in [4.69, 9.17) is 21.5 Å². The fourth-order valence-corrected chi connectivity index (χ4v) is 6.04. The van der Waals surface area contributed by atoms with Gasteiger partial charge in [0.2, 0.25) is 10.0 Å². The largest absolute Gasteiger partial charge is 0.489 e. The van der Waals surface area contributed by atoms with Gasteiger partial charge in [-0.3, -0.25) is 10.0 Å². The maximum absolute atomic E-state index is 13.3. The average Bonchev–Trinajstić information content (AvgIpc) is 2.73. The van der Waals surface area contributed by atoms with Crippen molar-refractivity contribution in [3.8, 4) is 5.75 Å². The zero-order chi connectivity index (χ0) is 23.7. The average molecular weight is 483 g/mol. The summed E-state index contributed by atoms with van der Waals surface area (Å²) in [5, 5.41) is 20.0. The number of nitrogens with one attached hydrogen (secondary N) is 1. The van der Waals surface area contributed by atoms with E-state index in [1.54, 1.807) is 25.4 Å². The van der Waals surface area contributed by atoms with Crippen LogP contribution < -0.4 is 10.2 Å². The molecule has 8 nitrogen and oxygen atoms in total. The third-order valence-corrected chi connectivity index (χ3v) is 7.76. The highest BCUT2D eigenvalue weighted by atomic mass is 35.5. The number of nitrogens with zero attached hydrogens (tertiary/aromatic N) is 1. The molecule has 0 aliphatic carbocycles. The number of carbonyl (C=O) groups is 1. The van der Waals surface area contributed by atoms with Gasteiger partial charge in [-0.05, 0) is 66.3 Å². The van der Waals surface area contributed by atoms with Gasteiger partial charge in [0.1, 0.15) is 18.4 Å². The summed E-state index contributed by atoms with van der Waals surface area (Å²) in [6.45, 7) is 5.30. The number of halogens is 1. The van der Waals surface area contributed by atoms with E-state index < -0.39 is 33.5 Å². The number of carbonyl (C=O) groups excluding carboxylic acids is 1. The first-order valence-electron chi connectivity index (χ1n) is 10.1. The van der Waals surface area contributed by atoms with E-state index in [9.17, 15) is 18.3 Å². The third-order valence-electron chi connectivity index (χ3n) is 5.68. The molecule has 2 atom stereocenters. The molecule has 0 bridgehead atoms. The lowest BCUT2D eigenvalue weighted by atomic mass is 9.76. The SMILES string of the molecule is Cc1ccc(Cl)cc1COc1ccc(S(=O)(=O)N2C[C@H](O)CC(C)(C)C2C(=O)NO)cc1. The minimum Gasteiger partial charge on any atom is -0.489 e. The first-order chi connectivity index (χ1) is 15.0. The predicted octanol–water partition coefficient (Wildman–Crippen LogP) is 2.88. The Kier molecular flexibility index (Phi) is 7.16. The molecule has 174 valence electrons. The molecule has 0 radical (unpaired) electrons. The van der Waals surface area contributed by atoms with Crippen LogP contribution in [-0.4, -0.2) is 47.6 Å². The summed E-state index contributed by atoms with van der Waals surface area (Å²) in [7, 11) is -4.14. The summed E-state index contributed by atoms with van der Waals surface area (Å²) < 4.78 is 33.3. The van der Waals surface area contributed by atoms with Crippen molar-refractivity contribution in [2.75, 3.05) is 6.54 Å². The van der Waals surface area contributed by atoms with Crippen LogP contribution in [0.2, 0.25) is 5.02 Å². The van der Waals surface area contributed by atoms with Crippen molar-refractivity contribution in [1.29, 1.82) is 0 Å². The number of sulfonamides is 1. The van der Waals surface area contributed by atoms with Crippen molar-refractivity contribution in [2.24, 2.45) is 5.41 Å². The molecule has 1 amide bonds. The number of aryl methyl sites for hydroxylation is 1. The molecule has 1 saturated heterocycles. The Balaban J connectivity index is 1.83. The third kappa shape index (κ3) is 5.07. The van der Waals surface area contributed by atoms with Crippen molar-refractivity contribution < 1.29 is 28.3 Å². The van der Waals surface area contributed by atoms with Gasteiger partial charge < -0.3 is 9.84 Å². The van der Waals surface area contributed by atoms with Crippen LogP contribution >= 0.6 is 11.6 Å². The Bertz CT molecular complexity index is 1090. The van der Waals surface area contributed by atoms with Crippen molar-refractivity contribution >= 4 is 27.5 Å². The molecule has 0 saturated carbocycles. The smallest absolute Gasteiger partial charge is 0.262 e. The number of β-amino-alcohol motifs (C(OH)–C–C–N with tert-alkyl or cyclic N) is 1. The topological polar surface area (TPSA) is 116 Å². The van der Waals surface area contributed by atoms with E-state index in [2.05, 4.69) is 0 Å². The number of aliphatic hydroxyl groups is 1. The van der Waals surface area contributed by atoms with Crippen LogP contribution in [0.25, 0.3) is 0 Å². The standard InChI is InChI=1S/C22H27ClN2O6S/c1-14-4-5-16(23)10-15(14)13-31-18-6-8-19(9-7-18)32(29,30)25-12-17(26)11-22(2,3)20(25)21(27)24-28/h4-10,17,20,26,28H,11-13H2,1-3H3,(H,24,27)/t17-,20?/m1/s1. The Hall–Kier alpha value is -2.17. The number of piperidine rings is 1. The molecule has 1 aliphatic heterocycles. The first kappa shape index (κ1) is 24.5. The molecule has 0 spiro atoms. The van der Waals surface area contributed by atoms with Crippen LogP contribution in [0.3, 0.4) is 0 Å². The normalized spacial score (nSPS) is 21.2. The van der Waals surface area contributed by atoms with Gasteiger partial charge in [0.05, 0.1) is 11.0 Å². The van der Waals surface area contributed by atoms with Gasteiger partial charge >= 0.3 is 0 Å². The summed E-state index contributed by atoms with van der Waals surface area (Å²) >= 11 is 6.03. The summed E-state index contributed by atoms with van der Waals surface area (Å²) in [6.07, 6.45) is -0.724. The van der Waals surface area contributed by atoms with Gasteiger partial charge in [-0.15, -0.1) is 0 Å². The number of benzene rings is 2. The van der Waals surface area contributed by atoms with Crippen molar-refractivity contribution in [3.05, 3.63) is 58.6 Å². The molecule has 10 heteroatoms. The van der Waals surface area contributed by atoms with E-state index >= 15 is 0 Å². The van der Waals surface area contributed by atoms with Crippen molar-refractivity contribution in [1.82, 2.24) is 9.79 Å². The molecule has 2 aromatic carbocycles. The lowest BCUT2D eigenvalue weighted by Gasteiger charge is -2.45. The molecule has 1 fully saturated rings. The highest BCUT2D eigenvalue weighted by Crippen LogP contribution is 2.38. The second-order valence-electron chi connectivity index (χ2n) is 8.63. The molecule has 1 aliphatic rings. The number of amides is 1. The van der Waals surface area contributed by atoms with Crippen molar-refractivity contribution in [3.63, 3.8) is 0 Å². The number of rotatable bonds is 6. The van der Waals surface area contributed by atoms with Crippen molar-refractivity contribution in [2.45, 2.75) is 50.8 Å². The van der Waals surface area contributed by atoms with E-state index in [1.165, 1.54) is 24.3 Å². The van der Waals surface area contributed by atoms with Crippen LogP contribution in [-0.2, 0) is 21.4 Å². The van der Waals surface area contributed by atoms with Crippen LogP contribution in [0.15, 0.2) is 47.4 Å². The number of aliphatic hydroxyl groups excluding tert-OH is 1. The Labute approximate surface area is 192 Å². The zero-order valence-electron chi connectivity index (χ0n) is 18.1. The second kappa shape index (κ2) is 9.36. The lowest BCUT2D eigenvalue weighted by Crippen LogP contribution is -2.62. The van der Waals surface area contributed by atoms with Crippen LogP contribution in [0.1, 0.15) is 31.4 Å². The van der Waals surface area contributed by atoms with Crippen LogP contribution in [0, 0.1) is 12.3 Å². The number of hydroxylamine groups is 1. The predicted molar refractivity (Wildman–Crippen MR) is 119 cm³/mol. The fourth-order valence-electron chi connectivity index (χ4n) is 4.07. The Morgan fingerprint density at radius 2 is 1.91 bits per heavy atom. The molecule has 3 rings (SSSR count). The number of ether oxygens (including phenoxy) is 1. The quantitative estimate of drug-likeness (QED) is 0.430. The molecule has 1 unspecified atom stereocenters. The van der Waals surface area contributed by atoms with E-state index in [0.717, 1.165) is 15.4 Å². The molecule has 32 heavy (non-hydrogen) atoms. The van der Waals surface area contributed by atoms with Crippen LogP contribution in [0.5, 0.6) is 5.75 Å². The molecule has 3 N–H and O–H groups in total. The monoisotopic (exact) mass is 482 g/mol.